The summed E-state index contributed by atoms with van der Waals surface area (Å²) in [5, 5.41) is 0. The number of rotatable bonds is 1. The second-order valence-electron chi connectivity index (χ2n) is 1.77. The van der Waals surface area contributed by atoms with Gasteiger partial charge in [-0.25, -0.2) is 0 Å². The molecule has 59 valence electrons. The maximum Gasteiger partial charge on any atom is 0.338 e. The van der Waals surface area contributed by atoms with Crippen molar-refractivity contribution in [3.63, 3.8) is 0 Å². The van der Waals surface area contributed by atoms with E-state index in [4.69, 9.17) is 39.5 Å². The minimum Gasteiger partial charge on any atom is -0.445 e. The van der Waals surface area contributed by atoms with Gasteiger partial charge in [-0.05, 0) is 40.9 Å². The summed E-state index contributed by atoms with van der Waals surface area (Å²) >= 11 is 16.1. The smallest absolute Gasteiger partial charge is 0.338 e. The van der Waals surface area contributed by atoms with Crippen LogP contribution in [0.1, 0.15) is 0 Å². The zero-order valence-corrected chi connectivity index (χ0v) is 7.62. The first kappa shape index (κ1) is 8.98. The van der Waals surface area contributed by atoms with Crippen molar-refractivity contribution < 1.29 is 4.74 Å². The fourth-order valence-corrected chi connectivity index (χ4v) is 0.814. The molecule has 0 aliphatic carbocycles. The second kappa shape index (κ2) is 3.53. The molecular weight excluding hydrogens is 206 g/mol. The van der Waals surface area contributed by atoms with E-state index < -0.39 is 3.98 Å². The van der Waals surface area contributed by atoms with Gasteiger partial charge >= 0.3 is 3.98 Å². The molecule has 0 heterocycles. The summed E-state index contributed by atoms with van der Waals surface area (Å²) in [5.74, 6) is 0.410. The van der Waals surface area contributed by atoms with Gasteiger partial charge < -0.3 is 4.74 Å². The summed E-state index contributed by atoms with van der Waals surface area (Å²) in [6.07, 6.45) is 0. The predicted octanol–water partition coefficient (Wildman–Crippen LogP) is 3.19. The van der Waals surface area contributed by atoms with Crippen LogP contribution in [0, 0.1) is 6.07 Å². The molecule has 1 aromatic rings. The third-order valence-corrected chi connectivity index (χ3v) is 1.14. The Morgan fingerprint density at radius 2 is 2.00 bits per heavy atom. The van der Waals surface area contributed by atoms with Crippen molar-refractivity contribution in [3.8, 4) is 5.75 Å². The standard InChI is InChI=1S/C7H4Cl3O/c8-7(9,10)11-6-4-2-1-3-5-6/h1-4H. The lowest BCUT2D eigenvalue weighted by Crippen LogP contribution is -2.12. The van der Waals surface area contributed by atoms with E-state index in [1.54, 1.807) is 24.3 Å². The van der Waals surface area contributed by atoms with E-state index in [0.717, 1.165) is 0 Å². The summed E-state index contributed by atoms with van der Waals surface area (Å²) in [6.45, 7) is 0. The van der Waals surface area contributed by atoms with Crippen molar-refractivity contribution in [1.82, 2.24) is 0 Å². The van der Waals surface area contributed by atoms with Crippen molar-refractivity contribution in [1.29, 1.82) is 0 Å². The Hall–Kier alpha value is -0.110. The molecular formula is C7H4Cl3O. The molecule has 0 spiro atoms. The predicted molar refractivity (Wildman–Crippen MR) is 46.2 cm³/mol. The van der Waals surface area contributed by atoms with E-state index >= 15 is 0 Å². The van der Waals surface area contributed by atoms with Crippen molar-refractivity contribution in [3.05, 3.63) is 30.3 Å². The van der Waals surface area contributed by atoms with Crippen molar-refractivity contribution in [2.75, 3.05) is 0 Å². The van der Waals surface area contributed by atoms with Crippen molar-refractivity contribution in [2.45, 2.75) is 3.98 Å². The van der Waals surface area contributed by atoms with Gasteiger partial charge in [0.15, 0.2) is 0 Å². The van der Waals surface area contributed by atoms with Gasteiger partial charge in [-0.15, -0.1) is 0 Å². The molecule has 0 amide bonds. The van der Waals surface area contributed by atoms with Gasteiger partial charge in [0.25, 0.3) is 0 Å². The van der Waals surface area contributed by atoms with Gasteiger partial charge in [-0.1, -0.05) is 18.2 Å². The molecule has 1 aromatic carbocycles. The SMILES string of the molecule is ClC(Cl)(Cl)Oc1[c]cccc1. The van der Waals surface area contributed by atoms with Crippen LogP contribution in [0.25, 0.3) is 0 Å². The van der Waals surface area contributed by atoms with E-state index in [9.17, 15) is 0 Å². The van der Waals surface area contributed by atoms with E-state index in [1.165, 1.54) is 0 Å². The Labute approximate surface area is 79.8 Å². The lowest BCUT2D eigenvalue weighted by Gasteiger charge is -2.12. The second-order valence-corrected chi connectivity index (χ2v) is 3.95. The van der Waals surface area contributed by atoms with Crippen LogP contribution in [0.3, 0.4) is 0 Å². The molecule has 1 rings (SSSR count). The number of halogens is 3. The molecule has 0 bridgehead atoms. The van der Waals surface area contributed by atoms with Crippen LogP contribution in [0.5, 0.6) is 5.75 Å². The van der Waals surface area contributed by atoms with Gasteiger partial charge in [-0.3, -0.25) is 0 Å². The van der Waals surface area contributed by atoms with E-state index in [1.807, 2.05) is 0 Å². The normalized spacial score (nSPS) is 11.2. The Bertz CT molecular complexity index is 217. The van der Waals surface area contributed by atoms with Crippen molar-refractivity contribution >= 4 is 34.8 Å². The number of hydrogen-bond acceptors (Lipinski definition) is 1. The first-order valence-electron chi connectivity index (χ1n) is 2.80. The maximum absolute atomic E-state index is 5.36. The van der Waals surface area contributed by atoms with E-state index in [0.29, 0.717) is 5.75 Å². The van der Waals surface area contributed by atoms with Gasteiger partial charge in [0.1, 0.15) is 5.75 Å². The average Bonchev–Trinajstić information content (AvgIpc) is 1.85. The summed E-state index contributed by atoms with van der Waals surface area (Å²) in [7, 11) is 0. The van der Waals surface area contributed by atoms with Crippen LogP contribution in [0.2, 0.25) is 0 Å². The van der Waals surface area contributed by atoms with Crippen LogP contribution >= 0.6 is 34.8 Å². The van der Waals surface area contributed by atoms with Gasteiger partial charge in [0.05, 0.1) is 0 Å². The quantitative estimate of drug-likeness (QED) is 0.647. The maximum atomic E-state index is 5.36. The third kappa shape index (κ3) is 3.71. The van der Waals surface area contributed by atoms with Crippen molar-refractivity contribution in [2.24, 2.45) is 0 Å². The van der Waals surface area contributed by atoms with Gasteiger partial charge in [0, 0.05) is 6.07 Å². The Kier molecular flexibility index (Phi) is 2.88. The molecule has 0 unspecified atom stereocenters. The fourth-order valence-electron chi connectivity index (χ4n) is 0.565. The van der Waals surface area contributed by atoms with E-state index in [2.05, 4.69) is 6.07 Å². The molecule has 11 heavy (non-hydrogen) atoms. The largest absolute Gasteiger partial charge is 0.445 e. The number of alkyl halides is 3. The lowest BCUT2D eigenvalue weighted by molar-refractivity contribution is 0.320. The van der Waals surface area contributed by atoms with E-state index in [-0.39, 0.29) is 0 Å². The first-order valence-corrected chi connectivity index (χ1v) is 3.94. The summed E-state index contributed by atoms with van der Waals surface area (Å²) in [5.41, 5.74) is 0. The molecule has 0 aromatic heterocycles. The number of ether oxygens (including phenoxy) is 1. The zero-order valence-electron chi connectivity index (χ0n) is 5.35. The number of para-hydroxylation sites is 1. The number of hydrogen-bond donors (Lipinski definition) is 0. The molecule has 0 aliphatic heterocycles. The molecule has 0 atom stereocenters. The summed E-state index contributed by atoms with van der Waals surface area (Å²) < 4.78 is 3.13. The summed E-state index contributed by atoms with van der Waals surface area (Å²) in [4.78, 5) is 0. The monoisotopic (exact) mass is 209 g/mol. The van der Waals surface area contributed by atoms with Crippen LogP contribution in [-0.2, 0) is 0 Å². The van der Waals surface area contributed by atoms with Crippen LogP contribution in [0.15, 0.2) is 24.3 Å². The Balaban J connectivity index is 2.66. The minimum atomic E-state index is -1.71. The molecule has 0 saturated heterocycles. The zero-order chi connectivity index (χ0) is 8.32. The Morgan fingerprint density at radius 1 is 1.27 bits per heavy atom. The molecule has 0 saturated carbocycles. The molecule has 1 radical (unpaired) electrons. The van der Waals surface area contributed by atoms with Crippen LogP contribution < -0.4 is 4.74 Å². The topological polar surface area (TPSA) is 9.23 Å². The highest BCUT2D eigenvalue weighted by atomic mass is 35.6. The summed E-state index contributed by atoms with van der Waals surface area (Å²) in [6, 6.07) is 9.64. The highest BCUT2D eigenvalue weighted by molar-refractivity contribution is 6.66. The highest BCUT2D eigenvalue weighted by Crippen LogP contribution is 2.29. The van der Waals surface area contributed by atoms with Crippen LogP contribution in [0.4, 0.5) is 0 Å². The fraction of sp³-hybridized carbons (Fsp3) is 0.143. The molecule has 1 nitrogen and oxygen atoms in total. The number of benzene rings is 1. The van der Waals surface area contributed by atoms with Gasteiger partial charge in [-0.2, -0.15) is 0 Å². The minimum absolute atomic E-state index is 0.410. The average molecular weight is 210 g/mol. The third-order valence-electron chi connectivity index (χ3n) is 0.906. The molecule has 0 N–H and O–H groups in total. The Morgan fingerprint density at radius 3 is 2.45 bits per heavy atom. The molecule has 4 heteroatoms. The lowest BCUT2D eigenvalue weighted by atomic mass is 10.3. The molecule has 0 aliphatic rings. The first-order chi connectivity index (χ1) is 5.08. The highest BCUT2D eigenvalue weighted by Gasteiger charge is 2.21. The van der Waals surface area contributed by atoms with Gasteiger partial charge in [0.2, 0.25) is 0 Å². The van der Waals surface area contributed by atoms with Crippen LogP contribution in [-0.4, -0.2) is 3.98 Å². The molecule has 0 fully saturated rings.